The molecule has 0 amide bonds. The fraction of sp³-hybridized carbons (Fsp3) is 0.200. The zero-order valence-electron chi connectivity index (χ0n) is 15.8. The number of benzene rings is 2. The molecule has 1 fully saturated rings. The molecule has 0 saturated carbocycles. The summed E-state index contributed by atoms with van der Waals surface area (Å²) in [6.07, 6.45) is 0. The second-order valence-corrected chi connectivity index (χ2v) is 9.14. The number of piperazine rings is 1. The fourth-order valence-corrected chi connectivity index (χ4v) is 4.80. The van der Waals surface area contributed by atoms with Crippen molar-refractivity contribution in [2.24, 2.45) is 0 Å². The Morgan fingerprint density at radius 3 is 2.13 bits per heavy atom. The minimum Gasteiger partial charge on any atom is -0.353 e. The Balaban J connectivity index is 1.52. The number of hydrogen-bond acceptors (Lipinski definition) is 5. The second kappa shape index (κ2) is 8.17. The van der Waals surface area contributed by atoms with Crippen LogP contribution < -0.4 is 10.5 Å². The molecule has 3 aromatic rings. The van der Waals surface area contributed by atoms with E-state index in [4.69, 9.17) is 11.6 Å². The van der Waals surface area contributed by atoms with Crippen LogP contribution in [0.3, 0.4) is 0 Å². The Hall–Kier alpha value is -2.75. The van der Waals surface area contributed by atoms with Crippen LogP contribution in [0.1, 0.15) is 0 Å². The standard InChI is InChI=1S/C20H18ClFN4O3S/c21-15-1-5-17(6-2-15)26-20(27)10-9-19(23-26)24-11-13-25(14-12-24)30(28,29)18-7-3-16(22)4-8-18/h1-10H,11-14H2. The quantitative estimate of drug-likeness (QED) is 0.613. The van der Waals surface area contributed by atoms with Gasteiger partial charge in [-0.1, -0.05) is 11.6 Å². The maximum absolute atomic E-state index is 13.1. The number of sulfonamides is 1. The Labute approximate surface area is 178 Å². The molecule has 4 rings (SSSR count). The predicted octanol–water partition coefficient (Wildman–Crippen LogP) is 2.54. The molecule has 0 N–H and O–H groups in total. The minimum absolute atomic E-state index is 0.0618. The van der Waals surface area contributed by atoms with Gasteiger partial charge < -0.3 is 4.90 Å². The van der Waals surface area contributed by atoms with Gasteiger partial charge in [-0.15, -0.1) is 5.10 Å². The summed E-state index contributed by atoms with van der Waals surface area (Å²) in [5.41, 5.74) is 0.308. The largest absolute Gasteiger partial charge is 0.353 e. The highest BCUT2D eigenvalue weighted by atomic mass is 35.5. The van der Waals surface area contributed by atoms with Gasteiger partial charge in [0, 0.05) is 37.3 Å². The van der Waals surface area contributed by atoms with Crippen LogP contribution in [0.15, 0.2) is 70.4 Å². The molecule has 1 aliphatic rings. The lowest BCUT2D eigenvalue weighted by molar-refractivity contribution is 0.383. The molecule has 1 aliphatic heterocycles. The summed E-state index contributed by atoms with van der Waals surface area (Å²) in [7, 11) is -3.69. The lowest BCUT2D eigenvalue weighted by atomic mass is 10.3. The molecule has 10 heteroatoms. The van der Waals surface area contributed by atoms with Gasteiger partial charge in [0.25, 0.3) is 5.56 Å². The van der Waals surface area contributed by atoms with Gasteiger partial charge in [-0.05, 0) is 54.6 Å². The topological polar surface area (TPSA) is 75.5 Å². The molecule has 0 unspecified atom stereocenters. The van der Waals surface area contributed by atoms with Crippen LogP contribution in [-0.2, 0) is 10.0 Å². The van der Waals surface area contributed by atoms with E-state index in [9.17, 15) is 17.6 Å². The van der Waals surface area contributed by atoms with E-state index in [0.29, 0.717) is 29.6 Å². The summed E-state index contributed by atoms with van der Waals surface area (Å²) < 4.78 is 41.3. The van der Waals surface area contributed by atoms with Gasteiger partial charge in [-0.25, -0.2) is 12.8 Å². The van der Waals surface area contributed by atoms with E-state index in [1.54, 1.807) is 30.3 Å². The normalized spacial score (nSPS) is 15.3. The summed E-state index contributed by atoms with van der Waals surface area (Å²) in [6, 6.07) is 14.6. The number of halogens is 2. The average molecular weight is 449 g/mol. The summed E-state index contributed by atoms with van der Waals surface area (Å²) in [6.45, 7) is 1.32. The molecule has 0 aliphatic carbocycles. The van der Waals surface area contributed by atoms with Crippen LogP contribution in [0, 0.1) is 5.82 Å². The van der Waals surface area contributed by atoms with Gasteiger partial charge in [0.2, 0.25) is 10.0 Å². The van der Waals surface area contributed by atoms with Crippen molar-refractivity contribution in [1.82, 2.24) is 14.1 Å². The summed E-state index contributed by atoms with van der Waals surface area (Å²) in [5, 5.41) is 4.99. The van der Waals surface area contributed by atoms with Crippen LogP contribution >= 0.6 is 11.6 Å². The maximum atomic E-state index is 13.1. The van der Waals surface area contributed by atoms with Gasteiger partial charge >= 0.3 is 0 Å². The molecule has 156 valence electrons. The van der Waals surface area contributed by atoms with Gasteiger partial charge in [0.05, 0.1) is 10.6 Å². The third kappa shape index (κ3) is 4.09. The smallest absolute Gasteiger partial charge is 0.271 e. The van der Waals surface area contributed by atoms with E-state index < -0.39 is 15.8 Å². The first-order valence-electron chi connectivity index (χ1n) is 9.21. The van der Waals surface area contributed by atoms with Crippen LogP contribution in [0.25, 0.3) is 5.69 Å². The first-order valence-corrected chi connectivity index (χ1v) is 11.0. The molecule has 30 heavy (non-hydrogen) atoms. The van der Waals surface area contributed by atoms with Gasteiger partial charge in [0.15, 0.2) is 0 Å². The van der Waals surface area contributed by atoms with Crippen molar-refractivity contribution in [2.75, 3.05) is 31.1 Å². The first-order chi connectivity index (χ1) is 14.3. The van der Waals surface area contributed by atoms with Crippen molar-refractivity contribution in [1.29, 1.82) is 0 Å². The number of anilines is 1. The summed E-state index contributed by atoms with van der Waals surface area (Å²) in [5.74, 6) is 0.0871. The lowest BCUT2D eigenvalue weighted by Gasteiger charge is -2.34. The molecule has 7 nitrogen and oxygen atoms in total. The van der Waals surface area contributed by atoms with Crippen molar-refractivity contribution < 1.29 is 12.8 Å². The van der Waals surface area contributed by atoms with Crippen molar-refractivity contribution in [3.05, 3.63) is 81.9 Å². The number of hydrogen-bond donors (Lipinski definition) is 0. The van der Waals surface area contributed by atoms with Crippen molar-refractivity contribution in [3.8, 4) is 5.69 Å². The first kappa shape index (κ1) is 20.5. The van der Waals surface area contributed by atoms with Crippen molar-refractivity contribution in [3.63, 3.8) is 0 Å². The third-order valence-corrected chi connectivity index (χ3v) is 7.04. The molecule has 1 aromatic heterocycles. The number of rotatable bonds is 4. The van der Waals surface area contributed by atoms with E-state index in [0.717, 1.165) is 12.1 Å². The highest BCUT2D eigenvalue weighted by Gasteiger charge is 2.29. The van der Waals surface area contributed by atoms with E-state index in [2.05, 4.69) is 5.10 Å². The number of aromatic nitrogens is 2. The summed E-state index contributed by atoms with van der Waals surface area (Å²) in [4.78, 5) is 14.2. The van der Waals surface area contributed by atoms with Gasteiger partial charge in [-0.3, -0.25) is 4.79 Å². The Kier molecular flexibility index (Phi) is 5.59. The highest BCUT2D eigenvalue weighted by molar-refractivity contribution is 7.89. The second-order valence-electron chi connectivity index (χ2n) is 6.76. The molecule has 2 heterocycles. The van der Waals surface area contributed by atoms with E-state index >= 15 is 0 Å². The molecule has 0 spiro atoms. The van der Waals surface area contributed by atoms with E-state index in [-0.39, 0.29) is 23.5 Å². The monoisotopic (exact) mass is 448 g/mol. The van der Waals surface area contributed by atoms with Gasteiger partial charge in [0.1, 0.15) is 11.6 Å². The SMILES string of the molecule is O=c1ccc(N2CCN(S(=O)(=O)c3ccc(F)cc3)CC2)nn1-c1ccc(Cl)cc1. The van der Waals surface area contributed by atoms with Crippen molar-refractivity contribution >= 4 is 27.4 Å². The molecular formula is C20H18ClFN4O3S. The minimum atomic E-state index is -3.69. The van der Waals surface area contributed by atoms with Crippen LogP contribution in [0.4, 0.5) is 10.2 Å². The summed E-state index contributed by atoms with van der Waals surface area (Å²) >= 11 is 5.91. The highest BCUT2D eigenvalue weighted by Crippen LogP contribution is 2.20. The van der Waals surface area contributed by atoms with Crippen LogP contribution in [0.5, 0.6) is 0 Å². The molecule has 0 atom stereocenters. The number of nitrogens with zero attached hydrogens (tertiary/aromatic N) is 4. The van der Waals surface area contributed by atoms with Crippen LogP contribution in [-0.4, -0.2) is 48.7 Å². The Morgan fingerprint density at radius 2 is 1.50 bits per heavy atom. The van der Waals surface area contributed by atoms with Crippen LogP contribution in [0.2, 0.25) is 5.02 Å². The molecule has 1 saturated heterocycles. The predicted molar refractivity (Wildman–Crippen MR) is 112 cm³/mol. The van der Waals surface area contributed by atoms with Gasteiger partial charge in [-0.2, -0.15) is 8.99 Å². The molecule has 2 aromatic carbocycles. The van der Waals surface area contributed by atoms with Crippen molar-refractivity contribution in [2.45, 2.75) is 4.90 Å². The van der Waals surface area contributed by atoms with E-state index in [1.807, 2.05) is 4.90 Å². The molecule has 0 bridgehead atoms. The molecular weight excluding hydrogens is 431 g/mol. The third-order valence-electron chi connectivity index (χ3n) is 4.87. The zero-order chi connectivity index (χ0) is 21.3. The average Bonchev–Trinajstić information content (AvgIpc) is 2.75. The maximum Gasteiger partial charge on any atom is 0.271 e. The fourth-order valence-electron chi connectivity index (χ4n) is 3.25. The molecule has 0 radical (unpaired) electrons. The van der Waals surface area contributed by atoms with E-state index in [1.165, 1.54) is 27.2 Å². The zero-order valence-corrected chi connectivity index (χ0v) is 17.4. The Morgan fingerprint density at radius 1 is 0.867 bits per heavy atom. The Bertz CT molecular complexity index is 1210. The lowest BCUT2D eigenvalue weighted by Crippen LogP contribution is -2.49.